The Hall–Kier alpha value is -1.64. The molecule has 0 fully saturated rings. The van der Waals surface area contributed by atoms with Gasteiger partial charge in [-0.25, -0.2) is 8.42 Å². The van der Waals surface area contributed by atoms with E-state index in [1.165, 1.54) is 25.3 Å². The van der Waals surface area contributed by atoms with E-state index in [4.69, 9.17) is 26.9 Å². The standard InChI is InChI=1S/C13H14ClN3O3S/c1-20-8-7-17(6-2-5-15)21(18,19)13-9-11(10-16)3-4-12(13)14/h3-4,9H,2,6-8H2,1H3. The molecule has 0 spiro atoms. The first-order valence-electron chi connectivity index (χ1n) is 6.03. The van der Waals surface area contributed by atoms with Crippen molar-refractivity contribution in [3.63, 3.8) is 0 Å². The molecule has 0 bridgehead atoms. The second kappa shape index (κ2) is 7.96. The fraction of sp³-hybridized carbons (Fsp3) is 0.385. The molecule has 0 aliphatic carbocycles. The third kappa shape index (κ3) is 4.42. The molecule has 0 saturated heterocycles. The number of rotatable bonds is 7. The first kappa shape index (κ1) is 17.4. The number of hydrogen-bond acceptors (Lipinski definition) is 5. The lowest BCUT2D eigenvalue weighted by Crippen LogP contribution is -2.35. The van der Waals surface area contributed by atoms with Gasteiger partial charge in [-0.1, -0.05) is 11.6 Å². The van der Waals surface area contributed by atoms with Crippen molar-refractivity contribution in [1.29, 1.82) is 10.5 Å². The molecule has 0 N–H and O–H groups in total. The second-order valence-electron chi connectivity index (χ2n) is 4.06. The Morgan fingerprint density at radius 1 is 1.33 bits per heavy atom. The topological polar surface area (TPSA) is 94.2 Å². The predicted octanol–water partition coefficient (Wildman–Crippen LogP) is 1.76. The maximum atomic E-state index is 12.6. The van der Waals surface area contributed by atoms with Crippen LogP contribution in [0.3, 0.4) is 0 Å². The third-order valence-corrected chi connectivity index (χ3v) is 5.08. The summed E-state index contributed by atoms with van der Waals surface area (Å²) >= 11 is 5.94. The summed E-state index contributed by atoms with van der Waals surface area (Å²) in [4.78, 5) is -0.141. The summed E-state index contributed by atoms with van der Waals surface area (Å²) in [6, 6.07) is 7.81. The molecule has 0 aliphatic rings. The third-order valence-electron chi connectivity index (χ3n) is 2.70. The van der Waals surface area contributed by atoms with Crippen molar-refractivity contribution in [3.8, 4) is 12.1 Å². The van der Waals surface area contributed by atoms with Crippen molar-refractivity contribution in [1.82, 2.24) is 4.31 Å². The Balaban J connectivity index is 3.22. The van der Waals surface area contributed by atoms with Crippen molar-refractivity contribution in [3.05, 3.63) is 28.8 Å². The fourth-order valence-electron chi connectivity index (χ4n) is 1.63. The lowest BCUT2D eigenvalue weighted by Gasteiger charge is -2.21. The molecule has 1 rings (SSSR count). The van der Waals surface area contributed by atoms with Gasteiger partial charge in [0.2, 0.25) is 10.0 Å². The smallest absolute Gasteiger partial charge is 0.244 e. The fourth-order valence-corrected chi connectivity index (χ4v) is 3.55. The summed E-state index contributed by atoms with van der Waals surface area (Å²) in [5.74, 6) is 0. The van der Waals surface area contributed by atoms with Gasteiger partial charge in [-0.3, -0.25) is 0 Å². The van der Waals surface area contributed by atoms with E-state index in [1.54, 1.807) is 0 Å². The first-order valence-corrected chi connectivity index (χ1v) is 7.85. The van der Waals surface area contributed by atoms with E-state index >= 15 is 0 Å². The molecular weight excluding hydrogens is 314 g/mol. The number of halogens is 1. The Morgan fingerprint density at radius 3 is 2.62 bits per heavy atom. The van der Waals surface area contributed by atoms with Gasteiger partial charge in [0.05, 0.1) is 29.3 Å². The number of ether oxygens (including phenoxy) is 1. The molecule has 0 aliphatic heterocycles. The number of benzene rings is 1. The maximum Gasteiger partial charge on any atom is 0.244 e. The summed E-state index contributed by atoms with van der Waals surface area (Å²) in [5, 5.41) is 17.6. The van der Waals surface area contributed by atoms with Crippen molar-refractivity contribution in [2.24, 2.45) is 0 Å². The normalized spacial score (nSPS) is 11.1. The van der Waals surface area contributed by atoms with Crippen LogP contribution in [0, 0.1) is 22.7 Å². The number of nitrogens with zero attached hydrogens (tertiary/aromatic N) is 3. The van der Waals surface area contributed by atoms with Crippen LogP contribution in [0.2, 0.25) is 5.02 Å². The average Bonchev–Trinajstić information content (AvgIpc) is 2.47. The van der Waals surface area contributed by atoms with Crippen molar-refractivity contribution in [2.75, 3.05) is 26.8 Å². The molecule has 1 aromatic carbocycles. The Labute approximate surface area is 129 Å². The van der Waals surface area contributed by atoms with Gasteiger partial charge in [-0.15, -0.1) is 0 Å². The molecule has 1 aromatic rings. The van der Waals surface area contributed by atoms with Gasteiger partial charge in [0, 0.05) is 26.6 Å². The number of methoxy groups -OCH3 is 1. The zero-order valence-electron chi connectivity index (χ0n) is 11.4. The van der Waals surface area contributed by atoms with E-state index in [-0.39, 0.29) is 41.6 Å². The van der Waals surface area contributed by atoms with Gasteiger partial charge < -0.3 is 4.74 Å². The molecule has 0 atom stereocenters. The summed E-state index contributed by atoms with van der Waals surface area (Å²) in [6.07, 6.45) is 0.0541. The molecular formula is C13H14ClN3O3S. The minimum absolute atomic E-state index is 0.0355. The maximum absolute atomic E-state index is 12.6. The van der Waals surface area contributed by atoms with Gasteiger partial charge in [0.25, 0.3) is 0 Å². The van der Waals surface area contributed by atoms with Gasteiger partial charge in [-0.05, 0) is 18.2 Å². The highest BCUT2D eigenvalue weighted by Crippen LogP contribution is 2.25. The molecule has 0 radical (unpaired) electrons. The zero-order chi connectivity index (χ0) is 15.9. The summed E-state index contributed by atoms with van der Waals surface area (Å²) in [7, 11) is -2.43. The molecule has 112 valence electrons. The van der Waals surface area contributed by atoms with Gasteiger partial charge in [0.1, 0.15) is 4.90 Å². The van der Waals surface area contributed by atoms with E-state index in [0.717, 1.165) is 4.31 Å². The Morgan fingerprint density at radius 2 is 2.05 bits per heavy atom. The summed E-state index contributed by atoms with van der Waals surface area (Å²) in [6.45, 7) is 0.336. The van der Waals surface area contributed by atoms with Crippen molar-refractivity contribution >= 4 is 21.6 Å². The van der Waals surface area contributed by atoms with E-state index in [0.29, 0.717) is 0 Å². The predicted molar refractivity (Wildman–Crippen MR) is 77.0 cm³/mol. The van der Waals surface area contributed by atoms with Crippen LogP contribution in [0.5, 0.6) is 0 Å². The van der Waals surface area contributed by atoms with Gasteiger partial charge in [0.15, 0.2) is 0 Å². The van der Waals surface area contributed by atoms with E-state index in [2.05, 4.69) is 0 Å². The molecule has 6 nitrogen and oxygen atoms in total. The Kier molecular flexibility index (Phi) is 6.60. The van der Waals surface area contributed by atoms with Gasteiger partial charge >= 0.3 is 0 Å². The molecule has 0 unspecified atom stereocenters. The lowest BCUT2D eigenvalue weighted by atomic mass is 10.2. The minimum atomic E-state index is -3.89. The molecule has 0 saturated carbocycles. The van der Waals surface area contributed by atoms with E-state index in [1.807, 2.05) is 12.1 Å². The summed E-state index contributed by atoms with van der Waals surface area (Å²) in [5.41, 5.74) is 0.199. The highest BCUT2D eigenvalue weighted by atomic mass is 35.5. The molecule has 8 heteroatoms. The number of hydrogen-bond donors (Lipinski definition) is 0. The first-order chi connectivity index (χ1) is 9.97. The van der Waals surface area contributed by atoms with E-state index < -0.39 is 10.0 Å². The highest BCUT2D eigenvalue weighted by molar-refractivity contribution is 7.89. The van der Waals surface area contributed by atoms with Gasteiger partial charge in [-0.2, -0.15) is 14.8 Å². The van der Waals surface area contributed by atoms with Crippen LogP contribution >= 0.6 is 11.6 Å². The monoisotopic (exact) mass is 327 g/mol. The number of nitriles is 2. The zero-order valence-corrected chi connectivity index (χ0v) is 13.0. The highest BCUT2D eigenvalue weighted by Gasteiger charge is 2.26. The SMILES string of the molecule is COCCN(CCC#N)S(=O)(=O)c1cc(C#N)ccc1Cl. The van der Waals surface area contributed by atoms with Crippen LogP contribution in [-0.2, 0) is 14.8 Å². The minimum Gasteiger partial charge on any atom is -0.383 e. The molecule has 0 heterocycles. The van der Waals surface area contributed by atoms with E-state index in [9.17, 15) is 8.42 Å². The molecule has 0 aromatic heterocycles. The van der Waals surface area contributed by atoms with Crippen LogP contribution in [0.25, 0.3) is 0 Å². The number of sulfonamides is 1. The van der Waals surface area contributed by atoms with Crippen LogP contribution in [0.4, 0.5) is 0 Å². The largest absolute Gasteiger partial charge is 0.383 e. The van der Waals surface area contributed by atoms with Crippen LogP contribution < -0.4 is 0 Å². The summed E-state index contributed by atoms with van der Waals surface area (Å²) < 4.78 is 31.2. The second-order valence-corrected chi connectivity index (χ2v) is 6.38. The lowest BCUT2D eigenvalue weighted by molar-refractivity contribution is 0.179. The average molecular weight is 328 g/mol. The molecule has 0 amide bonds. The Bertz CT molecular complexity index is 677. The molecule has 21 heavy (non-hydrogen) atoms. The van der Waals surface area contributed by atoms with Crippen LogP contribution in [-0.4, -0.2) is 39.5 Å². The van der Waals surface area contributed by atoms with Crippen LogP contribution in [0.15, 0.2) is 23.1 Å². The van der Waals surface area contributed by atoms with Crippen molar-refractivity contribution in [2.45, 2.75) is 11.3 Å². The van der Waals surface area contributed by atoms with Crippen LogP contribution in [0.1, 0.15) is 12.0 Å². The quantitative estimate of drug-likeness (QED) is 0.760. The van der Waals surface area contributed by atoms with Crippen molar-refractivity contribution < 1.29 is 13.2 Å².